The Morgan fingerprint density at radius 2 is 1.78 bits per heavy atom. The van der Waals surface area contributed by atoms with E-state index in [4.69, 9.17) is 0 Å². The minimum atomic E-state index is -5.38. The lowest BCUT2D eigenvalue weighted by Gasteiger charge is -2.31. The third-order valence-electron chi connectivity index (χ3n) is 4.95. The largest absolute Gasteiger partial charge is 0.511 e. The molecule has 1 saturated carbocycles. The van der Waals surface area contributed by atoms with Crippen LogP contribution in [0.15, 0.2) is 24.3 Å². The van der Waals surface area contributed by atoms with Crippen LogP contribution in [0.5, 0.6) is 0 Å². The molecule has 0 amide bonds. The third-order valence-corrected chi connectivity index (χ3v) is 6.17. The number of rotatable bonds is 7. The molecule has 9 heteroatoms. The zero-order chi connectivity index (χ0) is 20.1. The van der Waals surface area contributed by atoms with Crippen molar-refractivity contribution in [2.24, 2.45) is 5.92 Å². The second kappa shape index (κ2) is 9.05. The summed E-state index contributed by atoms with van der Waals surface area (Å²) in [6.45, 7) is 0. The fourth-order valence-electron chi connectivity index (χ4n) is 3.44. The molecule has 0 unspecified atom stereocenters. The zero-order valence-electron chi connectivity index (χ0n) is 15.1. The molecule has 1 N–H and O–H groups in total. The molecule has 27 heavy (non-hydrogen) atoms. The predicted molar refractivity (Wildman–Crippen MR) is 94.6 cm³/mol. The Kier molecular flexibility index (Phi) is 7.27. The Morgan fingerprint density at radius 1 is 1.19 bits per heavy atom. The first-order chi connectivity index (χ1) is 12.6. The van der Waals surface area contributed by atoms with Crippen molar-refractivity contribution in [1.29, 1.82) is 0 Å². The van der Waals surface area contributed by atoms with Crippen molar-refractivity contribution < 1.29 is 31.1 Å². The summed E-state index contributed by atoms with van der Waals surface area (Å²) in [5, 5.41) is 0. The number of halogens is 3. The Hall–Kier alpha value is -1.61. The van der Waals surface area contributed by atoms with Crippen molar-refractivity contribution in [3.8, 4) is 0 Å². The maximum Gasteiger partial charge on any atom is 0.511 e. The van der Waals surface area contributed by atoms with E-state index in [1.54, 1.807) is 24.3 Å². The van der Waals surface area contributed by atoms with Crippen molar-refractivity contribution in [2.45, 2.75) is 56.5 Å². The number of methoxy groups -OCH3 is 1. The number of ether oxygens (including phenoxy) is 1. The zero-order valence-corrected chi connectivity index (χ0v) is 15.9. The molecule has 0 aromatic heterocycles. The normalized spacial score (nSPS) is 17.5. The fraction of sp³-hybridized carbons (Fsp3) is 0.611. The van der Waals surface area contributed by atoms with Crippen LogP contribution in [0.1, 0.15) is 54.4 Å². The smallest absolute Gasteiger partial charge is 0.465 e. The van der Waals surface area contributed by atoms with Crippen LogP contribution in [0.3, 0.4) is 0 Å². The van der Waals surface area contributed by atoms with Crippen LogP contribution in [0, 0.1) is 5.92 Å². The molecule has 0 aliphatic heterocycles. The summed E-state index contributed by atoms with van der Waals surface area (Å²) in [4.78, 5) is 11.4. The molecule has 0 spiro atoms. The Labute approximate surface area is 157 Å². The molecule has 1 aliphatic rings. The number of alkyl halides is 3. The molecular formula is C18H24F3NO4S. The Bertz CT molecular complexity index is 726. The van der Waals surface area contributed by atoms with Gasteiger partial charge in [-0.2, -0.15) is 13.2 Å². The van der Waals surface area contributed by atoms with E-state index >= 15 is 0 Å². The summed E-state index contributed by atoms with van der Waals surface area (Å²) in [7, 11) is -4.11. The summed E-state index contributed by atoms with van der Waals surface area (Å²) in [6.07, 6.45) is 4.90. The van der Waals surface area contributed by atoms with Gasteiger partial charge in [0.1, 0.15) is 0 Å². The van der Waals surface area contributed by atoms with Crippen LogP contribution in [0.4, 0.5) is 13.2 Å². The minimum absolute atomic E-state index is 0.106. The second-order valence-electron chi connectivity index (χ2n) is 6.80. The number of hydrogen-bond acceptors (Lipinski definition) is 4. The van der Waals surface area contributed by atoms with E-state index in [-0.39, 0.29) is 12.3 Å². The van der Waals surface area contributed by atoms with Gasteiger partial charge in [-0.15, -0.1) is 0 Å². The summed E-state index contributed by atoms with van der Waals surface area (Å²) in [5.41, 5.74) is -4.13. The summed E-state index contributed by atoms with van der Waals surface area (Å²) in [5.74, 6) is -0.579. The van der Waals surface area contributed by atoms with Crippen molar-refractivity contribution in [3.63, 3.8) is 0 Å². The van der Waals surface area contributed by atoms with E-state index in [9.17, 15) is 26.4 Å². The topological polar surface area (TPSA) is 72.5 Å². The quantitative estimate of drug-likeness (QED) is 0.698. The van der Waals surface area contributed by atoms with Gasteiger partial charge >= 0.3 is 21.5 Å². The molecule has 1 aromatic rings. The highest BCUT2D eigenvalue weighted by molar-refractivity contribution is 7.90. The Balaban J connectivity index is 2.08. The van der Waals surface area contributed by atoms with Crippen molar-refractivity contribution >= 4 is 16.0 Å². The molecule has 0 heterocycles. The highest BCUT2D eigenvalue weighted by atomic mass is 32.2. The first-order valence-electron chi connectivity index (χ1n) is 8.90. The minimum Gasteiger partial charge on any atom is -0.465 e. The van der Waals surface area contributed by atoms with Crippen molar-refractivity contribution in [1.82, 2.24) is 4.72 Å². The van der Waals surface area contributed by atoms with Gasteiger partial charge < -0.3 is 4.74 Å². The van der Waals surface area contributed by atoms with Crippen LogP contribution in [0.2, 0.25) is 0 Å². The lowest BCUT2D eigenvalue weighted by Crippen LogP contribution is -2.46. The van der Waals surface area contributed by atoms with E-state index in [2.05, 4.69) is 4.74 Å². The van der Waals surface area contributed by atoms with E-state index in [0.717, 1.165) is 24.8 Å². The molecule has 152 valence electrons. The number of carbonyl (C=O) groups is 1. The Morgan fingerprint density at radius 3 is 2.30 bits per heavy atom. The maximum absolute atomic E-state index is 12.8. The van der Waals surface area contributed by atoms with Crippen LogP contribution < -0.4 is 4.72 Å². The molecule has 1 aliphatic carbocycles. The van der Waals surface area contributed by atoms with E-state index in [1.165, 1.54) is 7.11 Å². The van der Waals surface area contributed by atoms with Gasteiger partial charge in [-0.3, -0.25) is 0 Å². The number of esters is 1. The predicted octanol–water partition coefficient (Wildman–Crippen LogP) is 3.79. The lowest BCUT2D eigenvalue weighted by molar-refractivity contribution is -0.0454. The van der Waals surface area contributed by atoms with Crippen LogP contribution in [-0.2, 0) is 21.2 Å². The first-order valence-corrected chi connectivity index (χ1v) is 10.4. The van der Waals surface area contributed by atoms with Gasteiger partial charge in [-0.05, 0) is 49.3 Å². The van der Waals surface area contributed by atoms with Crippen molar-refractivity contribution in [3.05, 3.63) is 35.4 Å². The number of aryl methyl sites for hydroxylation is 1. The van der Waals surface area contributed by atoms with Crippen molar-refractivity contribution in [2.75, 3.05) is 7.11 Å². The highest BCUT2D eigenvalue weighted by Gasteiger charge is 2.47. The molecule has 5 nitrogen and oxygen atoms in total. The molecule has 0 bridgehead atoms. The van der Waals surface area contributed by atoms with Crippen LogP contribution in [0.25, 0.3) is 0 Å². The van der Waals surface area contributed by atoms with E-state index in [1.807, 2.05) is 4.72 Å². The highest BCUT2D eigenvalue weighted by Crippen LogP contribution is 2.31. The van der Waals surface area contributed by atoms with Gasteiger partial charge in [0.05, 0.1) is 12.7 Å². The SMILES string of the molecule is COC(=O)c1ccc(CC[C@H](NS(=O)(=O)C(F)(F)F)C2CCCCC2)cc1. The number of hydrogen-bond donors (Lipinski definition) is 1. The van der Waals surface area contributed by atoms with E-state index < -0.39 is 27.5 Å². The monoisotopic (exact) mass is 407 g/mol. The summed E-state index contributed by atoms with van der Waals surface area (Å²) in [6, 6.07) is 5.79. The van der Waals surface area contributed by atoms with E-state index in [0.29, 0.717) is 24.8 Å². The number of nitrogens with one attached hydrogen (secondary N) is 1. The molecule has 1 aromatic carbocycles. The second-order valence-corrected chi connectivity index (χ2v) is 8.50. The van der Waals surface area contributed by atoms with Crippen LogP contribution >= 0.6 is 0 Å². The van der Waals surface area contributed by atoms with Gasteiger partial charge in [0.2, 0.25) is 0 Å². The lowest BCUT2D eigenvalue weighted by atomic mass is 9.82. The summed E-state index contributed by atoms with van der Waals surface area (Å²) < 4.78 is 68.0. The number of sulfonamides is 1. The van der Waals surface area contributed by atoms with Gasteiger partial charge in [-0.25, -0.2) is 17.9 Å². The van der Waals surface area contributed by atoms with Gasteiger partial charge in [0.15, 0.2) is 0 Å². The fourth-order valence-corrected chi connectivity index (χ4v) is 4.28. The molecule has 0 saturated heterocycles. The molecule has 1 fully saturated rings. The van der Waals surface area contributed by atoms with Crippen LogP contribution in [-0.4, -0.2) is 33.0 Å². The molecule has 0 radical (unpaired) electrons. The molecule has 2 rings (SSSR count). The standard InChI is InChI=1S/C18H24F3NO4S/c1-26-17(23)15-10-7-13(8-11-15)9-12-16(14-5-3-2-4-6-14)22-27(24,25)18(19,20)21/h7-8,10-11,14,16,22H,2-6,9,12H2,1H3/t16-/m0/s1. The van der Waals surface area contributed by atoms with Gasteiger partial charge in [0, 0.05) is 6.04 Å². The molecular weight excluding hydrogens is 383 g/mol. The average Bonchev–Trinajstić information content (AvgIpc) is 2.64. The first kappa shape index (κ1) is 21.7. The van der Waals surface area contributed by atoms with Gasteiger partial charge in [-0.1, -0.05) is 31.4 Å². The third kappa shape index (κ3) is 5.93. The number of carbonyl (C=O) groups excluding carboxylic acids is 1. The maximum atomic E-state index is 12.8. The molecule has 1 atom stereocenters. The van der Waals surface area contributed by atoms with Gasteiger partial charge in [0.25, 0.3) is 0 Å². The number of benzene rings is 1. The average molecular weight is 407 g/mol. The summed E-state index contributed by atoms with van der Waals surface area (Å²) >= 11 is 0.